The molecule has 48 heavy (non-hydrogen) atoms. The van der Waals surface area contributed by atoms with E-state index in [2.05, 4.69) is 10.6 Å². The molecule has 5 aromatic carbocycles. The summed E-state index contributed by atoms with van der Waals surface area (Å²) in [6.45, 7) is 2.00. The van der Waals surface area contributed by atoms with Gasteiger partial charge in [0.05, 0.1) is 5.25 Å². The highest BCUT2D eigenvalue weighted by atomic mass is 32.2. The fourth-order valence-electron chi connectivity index (χ4n) is 4.97. The van der Waals surface area contributed by atoms with Crippen LogP contribution in [-0.2, 0) is 9.59 Å². The first-order valence-corrected chi connectivity index (χ1v) is 16.6. The average molecular weight is 655 g/mol. The van der Waals surface area contributed by atoms with Crippen molar-refractivity contribution in [1.29, 1.82) is 0 Å². The normalized spacial score (nSPS) is 11.7. The minimum atomic E-state index is -0.459. The van der Waals surface area contributed by atoms with Crippen LogP contribution in [0.1, 0.15) is 29.3 Å². The first-order chi connectivity index (χ1) is 23.3. The van der Waals surface area contributed by atoms with E-state index < -0.39 is 5.91 Å². The van der Waals surface area contributed by atoms with Gasteiger partial charge in [-0.05, 0) is 90.9 Å². The van der Waals surface area contributed by atoms with Crippen molar-refractivity contribution < 1.29 is 14.4 Å². The predicted molar refractivity (Wildman–Crippen MR) is 198 cm³/mol. The van der Waals surface area contributed by atoms with Crippen LogP contribution in [-0.4, -0.2) is 37.1 Å². The van der Waals surface area contributed by atoms with Crippen molar-refractivity contribution in [3.8, 4) is 0 Å². The van der Waals surface area contributed by atoms with Crippen LogP contribution in [0.15, 0.2) is 150 Å². The quantitative estimate of drug-likeness (QED) is 0.104. The van der Waals surface area contributed by atoms with Gasteiger partial charge in [0.2, 0.25) is 5.91 Å². The third-order valence-electron chi connectivity index (χ3n) is 7.54. The van der Waals surface area contributed by atoms with E-state index in [4.69, 9.17) is 0 Å². The summed E-state index contributed by atoms with van der Waals surface area (Å²) in [5, 5.41) is 5.36. The van der Waals surface area contributed by atoms with E-state index >= 15 is 0 Å². The second-order valence-electron chi connectivity index (χ2n) is 11.2. The molecule has 2 N–H and O–H groups in total. The number of thioether (sulfide) groups is 1. The molecular weight excluding hydrogens is 617 g/mol. The number of para-hydroxylation sites is 2. The Labute approximate surface area is 286 Å². The molecule has 3 amide bonds. The second-order valence-corrected chi connectivity index (χ2v) is 12.5. The highest BCUT2D eigenvalue weighted by Crippen LogP contribution is 2.33. The molecule has 242 valence electrons. The van der Waals surface area contributed by atoms with E-state index in [0.29, 0.717) is 17.7 Å². The van der Waals surface area contributed by atoms with E-state index in [9.17, 15) is 14.4 Å². The van der Waals surface area contributed by atoms with Gasteiger partial charge in [-0.25, -0.2) is 0 Å². The number of carbonyl (C=O) groups is 3. The Morgan fingerprint density at radius 2 is 1.23 bits per heavy atom. The van der Waals surface area contributed by atoms with E-state index in [-0.39, 0.29) is 22.8 Å². The number of anilines is 4. The number of rotatable bonds is 12. The smallest absolute Gasteiger partial charge is 0.272 e. The van der Waals surface area contributed by atoms with Crippen LogP contribution in [0.3, 0.4) is 0 Å². The van der Waals surface area contributed by atoms with Crippen LogP contribution in [0.5, 0.6) is 0 Å². The number of nitrogens with one attached hydrogen (secondary N) is 2. The molecule has 0 saturated carbocycles. The fraction of sp³-hybridized carbons (Fsp3) is 0.125. The first kappa shape index (κ1) is 33.8. The predicted octanol–water partition coefficient (Wildman–Crippen LogP) is 8.40. The SMILES string of the molecule is CCC(Sc1ccc(NC(=O)/C(=C/c2ccc(N(C)C)cc2)NC(=O)c2ccccc2)cc1)C(=O)N(c1ccccc1)c1ccccc1. The standard InChI is InChI=1S/C40H38N4O3S/c1-4-37(40(47)44(33-16-10-6-11-17-33)34-18-12-7-13-19-34)48-35-26-22-31(23-27-35)41-39(46)36(42-38(45)30-14-8-5-9-15-30)28-29-20-24-32(25-21-29)43(2)3/h5-28,37H,4H2,1-3H3,(H,41,46)(H,42,45)/b36-28-. The molecule has 5 aromatic rings. The summed E-state index contributed by atoms with van der Waals surface area (Å²) >= 11 is 1.48. The Morgan fingerprint density at radius 1 is 0.688 bits per heavy atom. The van der Waals surface area contributed by atoms with E-state index in [0.717, 1.165) is 27.5 Å². The summed E-state index contributed by atoms with van der Waals surface area (Å²) in [4.78, 5) is 45.2. The Morgan fingerprint density at radius 3 is 1.75 bits per heavy atom. The average Bonchev–Trinajstić information content (AvgIpc) is 3.12. The van der Waals surface area contributed by atoms with Gasteiger partial charge in [-0.15, -0.1) is 11.8 Å². The highest BCUT2D eigenvalue weighted by molar-refractivity contribution is 8.00. The largest absolute Gasteiger partial charge is 0.378 e. The van der Waals surface area contributed by atoms with Gasteiger partial charge in [-0.3, -0.25) is 19.3 Å². The van der Waals surface area contributed by atoms with Crippen molar-refractivity contribution in [1.82, 2.24) is 5.32 Å². The van der Waals surface area contributed by atoms with Crippen LogP contribution in [0.4, 0.5) is 22.7 Å². The molecular formula is C40H38N4O3S. The lowest BCUT2D eigenvalue weighted by Crippen LogP contribution is -2.34. The molecule has 7 nitrogen and oxygen atoms in total. The third kappa shape index (κ3) is 8.80. The molecule has 0 radical (unpaired) electrons. The number of hydrogen-bond acceptors (Lipinski definition) is 5. The maximum absolute atomic E-state index is 14.0. The summed E-state index contributed by atoms with van der Waals surface area (Å²) in [7, 11) is 3.91. The zero-order valence-corrected chi connectivity index (χ0v) is 28.0. The lowest BCUT2D eigenvalue weighted by Gasteiger charge is -2.27. The molecule has 0 aromatic heterocycles. The Kier molecular flexibility index (Phi) is 11.5. The zero-order chi connectivity index (χ0) is 33.9. The Bertz CT molecular complexity index is 1810. The molecule has 0 aliphatic heterocycles. The van der Waals surface area contributed by atoms with Crippen LogP contribution in [0.2, 0.25) is 0 Å². The molecule has 0 aliphatic rings. The van der Waals surface area contributed by atoms with E-state index in [1.54, 1.807) is 47.4 Å². The topological polar surface area (TPSA) is 81.8 Å². The van der Waals surface area contributed by atoms with Gasteiger partial charge in [0, 0.05) is 47.3 Å². The van der Waals surface area contributed by atoms with E-state index in [1.807, 2.05) is 129 Å². The number of carbonyl (C=O) groups excluding carboxylic acids is 3. The van der Waals surface area contributed by atoms with Gasteiger partial charge >= 0.3 is 0 Å². The van der Waals surface area contributed by atoms with Crippen molar-refractivity contribution in [2.75, 3.05) is 29.2 Å². The summed E-state index contributed by atoms with van der Waals surface area (Å²) in [5.74, 6) is -0.858. The van der Waals surface area contributed by atoms with Crippen molar-refractivity contribution in [2.45, 2.75) is 23.5 Å². The van der Waals surface area contributed by atoms with Crippen LogP contribution in [0, 0.1) is 0 Å². The molecule has 0 saturated heterocycles. The Balaban J connectivity index is 1.32. The zero-order valence-electron chi connectivity index (χ0n) is 27.2. The molecule has 1 unspecified atom stereocenters. The third-order valence-corrected chi connectivity index (χ3v) is 8.90. The molecule has 0 aliphatic carbocycles. The lowest BCUT2D eigenvalue weighted by atomic mass is 10.1. The number of hydrogen-bond donors (Lipinski definition) is 2. The van der Waals surface area contributed by atoms with Gasteiger partial charge in [0.25, 0.3) is 11.8 Å². The molecule has 1 atom stereocenters. The second kappa shape index (κ2) is 16.3. The first-order valence-electron chi connectivity index (χ1n) is 15.7. The maximum atomic E-state index is 14.0. The number of nitrogens with zero attached hydrogens (tertiary/aromatic N) is 2. The highest BCUT2D eigenvalue weighted by Gasteiger charge is 2.26. The van der Waals surface area contributed by atoms with Gasteiger partial charge in [-0.2, -0.15) is 0 Å². The van der Waals surface area contributed by atoms with Crippen LogP contribution < -0.4 is 20.4 Å². The summed E-state index contributed by atoms with van der Waals surface area (Å²) in [5.41, 5.74) is 4.51. The number of benzene rings is 5. The van der Waals surface area contributed by atoms with Gasteiger partial charge in [0.15, 0.2) is 0 Å². The fourth-order valence-corrected chi connectivity index (χ4v) is 5.96. The van der Waals surface area contributed by atoms with Crippen molar-refractivity contribution in [2.24, 2.45) is 0 Å². The molecule has 0 fully saturated rings. The minimum absolute atomic E-state index is 0.0140. The summed E-state index contributed by atoms with van der Waals surface area (Å²) in [6.07, 6.45) is 2.28. The van der Waals surface area contributed by atoms with Crippen LogP contribution in [0.25, 0.3) is 6.08 Å². The monoisotopic (exact) mass is 654 g/mol. The van der Waals surface area contributed by atoms with Gasteiger partial charge in [-0.1, -0.05) is 73.7 Å². The van der Waals surface area contributed by atoms with Gasteiger partial charge in [0.1, 0.15) is 5.70 Å². The summed E-state index contributed by atoms with van der Waals surface area (Å²) < 4.78 is 0. The van der Waals surface area contributed by atoms with E-state index in [1.165, 1.54) is 11.8 Å². The maximum Gasteiger partial charge on any atom is 0.272 e. The van der Waals surface area contributed by atoms with Crippen molar-refractivity contribution in [3.05, 3.63) is 156 Å². The van der Waals surface area contributed by atoms with Gasteiger partial charge < -0.3 is 15.5 Å². The molecule has 0 heterocycles. The summed E-state index contributed by atoms with van der Waals surface area (Å²) in [6, 6.07) is 43.1. The van der Waals surface area contributed by atoms with Crippen LogP contribution >= 0.6 is 11.8 Å². The molecule has 0 bridgehead atoms. The molecule has 5 rings (SSSR count). The van der Waals surface area contributed by atoms with Crippen molar-refractivity contribution >= 4 is 58.3 Å². The number of amides is 3. The lowest BCUT2D eigenvalue weighted by molar-refractivity contribution is -0.117. The van der Waals surface area contributed by atoms with Crippen molar-refractivity contribution in [3.63, 3.8) is 0 Å². The molecule has 0 spiro atoms. The molecule has 8 heteroatoms. The minimum Gasteiger partial charge on any atom is -0.378 e. The Hall–Kier alpha value is -5.60.